The molecule has 1 aliphatic rings. The lowest BCUT2D eigenvalue weighted by atomic mass is 9.94. The fourth-order valence-corrected chi connectivity index (χ4v) is 2.04. The fraction of sp³-hybridized carbons (Fsp3) is 0.167. The van der Waals surface area contributed by atoms with Crippen molar-refractivity contribution in [3.05, 3.63) is 54.1 Å². The van der Waals surface area contributed by atoms with Crippen LogP contribution in [0.1, 0.15) is 5.56 Å². The maximum absolute atomic E-state index is 6.23. The SMILES string of the molecule is NC1(Cl)C=CC=C(c2ccccc2)C1Cl. The van der Waals surface area contributed by atoms with Gasteiger partial charge in [0.15, 0.2) is 0 Å². The highest BCUT2D eigenvalue weighted by Gasteiger charge is 2.33. The fourth-order valence-electron chi connectivity index (χ4n) is 1.58. The van der Waals surface area contributed by atoms with Gasteiger partial charge in [-0.2, -0.15) is 0 Å². The van der Waals surface area contributed by atoms with Crippen molar-refractivity contribution in [1.82, 2.24) is 0 Å². The lowest BCUT2D eigenvalue weighted by Gasteiger charge is -2.29. The summed E-state index contributed by atoms with van der Waals surface area (Å²) in [5.41, 5.74) is 7.86. The Labute approximate surface area is 99.2 Å². The van der Waals surface area contributed by atoms with Gasteiger partial charge in [0.2, 0.25) is 0 Å². The van der Waals surface area contributed by atoms with Crippen LogP contribution in [0.3, 0.4) is 0 Å². The van der Waals surface area contributed by atoms with E-state index in [1.54, 1.807) is 6.08 Å². The van der Waals surface area contributed by atoms with Gasteiger partial charge in [0, 0.05) is 0 Å². The highest BCUT2D eigenvalue weighted by atomic mass is 35.5. The molecule has 15 heavy (non-hydrogen) atoms. The van der Waals surface area contributed by atoms with Gasteiger partial charge in [0.1, 0.15) is 5.00 Å². The van der Waals surface area contributed by atoms with E-state index in [2.05, 4.69) is 0 Å². The van der Waals surface area contributed by atoms with E-state index < -0.39 is 10.4 Å². The van der Waals surface area contributed by atoms with Gasteiger partial charge in [-0.15, -0.1) is 11.6 Å². The summed E-state index contributed by atoms with van der Waals surface area (Å²) < 4.78 is 0. The molecule has 0 aromatic heterocycles. The molecule has 2 N–H and O–H groups in total. The zero-order valence-corrected chi connectivity index (χ0v) is 9.54. The first kappa shape index (κ1) is 10.7. The Morgan fingerprint density at radius 3 is 2.53 bits per heavy atom. The summed E-state index contributed by atoms with van der Waals surface area (Å²) in [5.74, 6) is 0. The molecule has 78 valence electrons. The minimum atomic E-state index is -0.999. The molecule has 0 radical (unpaired) electrons. The van der Waals surface area contributed by atoms with Crippen LogP contribution in [-0.4, -0.2) is 10.4 Å². The minimum absolute atomic E-state index is 0.411. The smallest absolute Gasteiger partial charge is 0.131 e. The summed E-state index contributed by atoms with van der Waals surface area (Å²) in [5, 5.41) is -0.411. The summed E-state index contributed by atoms with van der Waals surface area (Å²) in [6, 6.07) is 9.87. The summed E-state index contributed by atoms with van der Waals surface area (Å²) in [6.07, 6.45) is 5.49. The van der Waals surface area contributed by atoms with Gasteiger partial charge in [-0.1, -0.05) is 54.1 Å². The first-order valence-electron chi connectivity index (χ1n) is 4.68. The van der Waals surface area contributed by atoms with Crippen molar-refractivity contribution in [2.75, 3.05) is 0 Å². The summed E-state index contributed by atoms with van der Waals surface area (Å²) in [6.45, 7) is 0. The second kappa shape index (κ2) is 4.01. The van der Waals surface area contributed by atoms with Crippen molar-refractivity contribution in [3.63, 3.8) is 0 Å². The third-order valence-electron chi connectivity index (χ3n) is 2.40. The average molecular weight is 240 g/mol. The predicted molar refractivity (Wildman–Crippen MR) is 66.0 cm³/mol. The molecule has 0 fully saturated rings. The van der Waals surface area contributed by atoms with Crippen LogP contribution in [0, 0.1) is 0 Å². The molecule has 0 spiro atoms. The molecule has 0 saturated heterocycles. The minimum Gasteiger partial charge on any atom is -0.308 e. The Balaban J connectivity index is 2.39. The van der Waals surface area contributed by atoms with Crippen LogP contribution in [0.25, 0.3) is 5.57 Å². The van der Waals surface area contributed by atoms with Gasteiger partial charge in [0.25, 0.3) is 0 Å². The molecule has 3 heteroatoms. The number of allylic oxidation sites excluding steroid dienone is 2. The molecular formula is C12H11Cl2N. The Kier molecular flexibility index (Phi) is 2.87. The molecule has 0 saturated carbocycles. The van der Waals surface area contributed by atoms with E-state index >= 15 is 0 Å². The Morgan fingerprint density at radius 1 is 1.20 bits per heavy atom. The molecule has 1 aromatic carbocycles. The van der Waals surface area contributed by atoms with Gasteiger partial charge in [-0.25, -0.2) is 0 Å². The van der Waals surface area contributed by atoms with Crippen LogP contribution in [0.15, 0.2) is 48.6 Å². The molecule has 2 rings (SSSR count). The second-order valence-electron chi connectivity index (χ2n) is 3.54. The number of alkyl halides is 2. The van der Waals surface area contributed by atoms with E-state index in [4.69, 9.17) is 28.9 Å². The molecule has 0 amide bonds. The van der Waals surface area contributed by atoms with Crippen LogP contribution in [0.4, 0.5) is 0 Å². The standard InChI is InChI=1S/C12H11Cl2N/c13-11-10(7-4-8-12(11,14)15)9-5-2-1-3-6-9/h1-8,11H,15H2. The van der Waals surface area contributed by atoms with Gasteiger partial charge >= 0.3 is 0 Å². The largest absolute Gasteiger partial charge is 0.308 e. The van der Waals surface area contributed by atoms with Crippen molar-refractivity contribution in [2.24, 2.45) is 5.73 Å². The van der Waals surface area contributed by atoms with E-state index in [0.29, 0.717) is 0 Å². The van der Waals surface area contributed by atoms with Crippen molar-refractivity contribution in [3.8, 4) is 0 Å². The highest BCUT2D eigenvalue weighted by molar-refractivity contribution is 6.37. The number of nitrogens with two attached hydrogens (primary N) is 1. The van der Waals surface area contributed by atoms with Crippen molar-refractivity contribution >= 4 is 28.8 Å². The van der Waals surface area contributed by atoms with Gasteiger partial charge < -0.3 is 5.73 Å². The molecule has 1 nitrogen and oxygen atoms in total. The predicted octanol–water partition coefficient (Wildman–Crippen LogP) is 3.14. The number of rotatable bonds is 1. The van der Waals surface area contributed by atoms with Gasteiger partial charge in [0.05, 0.1) is 5.38 Å². The zero-order chi connectivity index (χ0) is 10.9. The first-order chi connectivity index (χ1) is 7.11. The molecule has 2 atom stereocenters. The second-order valence-corrected chi connectivity index (χ2v) is 4.63. The van der Waals surface area contributed by atoms with E-state index in [9.17, 15) is 0 Å². The van der Waals surface area contributed by atoms with Crippen LogP contribution < -0.4 is 5.73 Å². The van der Waals surface area contributed by atoms with Crippen LogP contribution in [0.5, 0.6) is 0 Å². The lowest BCUT2D eigenvalue weighted by molar-refractivity contribution is 0.761. The summed E-state index contributed by atoms with van der Waals surface area (Å²) in [7, 11) is 0. The number of benzene rings is 1. The Morgan fingerprint density at radius 2 is 1.87 bits per heavy atom. The third-order valence-corrected chi connectivity index (χ3v) is 3.45. The molecule has 2 unspecified atom stereocenters. The molecule has 1 aromatic rings. The Bertz CT molecular complexity index is 407. The van der Waals surface area contributed by atoms with Crippen molar-refractivity contribution in [1.29, 1.82) is 0 Å². The van der Waals surface area contributed by atoms with Crippen LogP contribution in [-0.2, 0) is 0 Å². The lowest BCUT2D eigenvalue weighted by Crippen LogP contribution is -2.42. The molecule has 0 bridgehead atoms. The topological polar surface area (TPSA) is 26.0 Å². The molecule has 0 aliphatic heterocycles. The van der Waals surface area contributed by atoms with Gasteiger partial charge in [-0.05, 0) is 17.2 Å². The summed E-state index contributed by atoms with van der Waals surface area (Å²) >= 11 is 12.3. The van der Waals surface area contributed by atoms with E-state index in [0.717, 1.165) is 11.1 Å². The highest BCUT2D eigenvalue weighted by Crippen LogP contribution is 2.35. The van der Waals surface area contributed by atoms with E-state index in [1.807, 2.05) is 42.5 Å². The third kappa shape index (κ3) is 2.10. The normalized spacial score (nSPS) is 30.1. The molecule has 1 aliphatic carbocycles. The number of hydrogen-bond donors (Lipinski definition) is 1. The maximum atomic E-state index is 6.23. The van der Waals surface area contributed by atoms with Crippen LogP contribution >= 0.6 is 23.2 Å². The zero-order valence-electron chi connectivity index (χ0n) is 8.03. The average Bonchev–Trinajstić information content (AvgIpc) is 2.23. The number of halogens is 2. The maximum Gasteiger partial charge on any atom is 0.131 e. The number of hydrogen-bond acceptors (Lipinski definition) is 1. The van der Waals surface area contributed by atoms with E-state index in [1.165, 1.54) is 0 Å². The quantitative estimate of drug-likeness (QED) is 0.592. The Hall–Kier alpha value is -0.760. The molecular weight excluding hydrogens is 229 g/mol. The summed E-state index contributed by atoms with van der Waals surface area (Å²) in [4.78, 5) is -0.999. The monoisotopic (exact) mass is 239 g/mol. The van der Waals surface area contributed by atoms with Crippen LogP contribution in [0.2, 0.25) is 0 Å². The van der Waals surface area contributed by atoms with Crippen molar-refractivity contribution in [2.45, 2.75) is 10.4 Å². The molecule has 0 heterocycles. The van der Waals surface area contributed by atoms with Crippen molar-refractivity contribution < 1.29 is 0 Å². The van der Waals surface area contributed by atoms with E-state index in [-0.39, 0.29) is 0 Å². The first-order valence-corrected chi connectivity index (χ1v) is 5.49. The van der Waals surface area contributed by atoms with Gasteiger partial charge in [-0.3, -0.25) is 0 Å².